The van der Waals surface area contributed by atoms with E-state index in [0.29, 0.717) is 0 Å². The molecule has 0 N–H and O–H groups in total. The summed E-state index contributed by atoms with van der Waals surface area (Å²) in [5.74, 6) is 0. The summed E-state index contributed by atoms with van der Waals surface area (Å²) >= 11 is 0. The van der Waals surface area contributed by atoms with Gasteiger partial charge in [0, 0.05) is 55.7 Å². The number of furan rings is 2. The van der Waals surface area contributed by atoms with E-state index in [2.05, 4.69) is 204 Å². The smallest absolute Gasteiger partial charge is 0.136 e. The summed E-state index contributed by atoms with van der Waals surface area (Å²) in [6, 6.07) is 77.7. The lowest BCUT2D eigenvalue weighted by Gasteiger charge is -2.30. The van der Waals surface area contributed by atoms with Gasteiger partial charge in [-0.15, -0.1) is 0 Å². The number of rotatable bonds is 7. The third kappa shape index (κ3) is 5.69. The molecule has 0 fully saturated rings. The average Bonchev–Trinajstić information content (AvgIpc) is 3.87. The molecule has 60 heavy (non-hydrogen) atoms. The topological polar surface area (TPSA) is 32.8 Å². The lowest BCUT2D eigenvalue weighted by molar-refractivity contribution is 0.668. The van der Waals surface area contributed by atoms with Crippen molar-refractivity contribution in [3.8, 4) is 11.1 Å². The zero-order valence-corrected chi connectivity index (χ0v) is 32.5. The molecular weight excluding hydrogens is 733 g/mol. The lowest BCUT2D eigenvalue weighted by atomic mass is 9.98. The highest BCUT2D eigenvalue weighted by molar-refractivity contribution is 6.17. The van der Waals surface area contributed by atoms with Gasteiger partial charge in [-0.05, 0) is 130 Å². The SMILES string of the molecule is c1ccc(-c2cccc(N(c3ccccc3)c3cccc(N(c4ccc5ccc6cc7oc8ccccc8c7cc6c5c4)c4ccc5oc6ccccc6c5c4)c3)c2)cc1. The summed E-state index contributed by atoms with van der Waals surface area (Å²) in [4.78, 5) is 4.72. The molecule has 0 spiro atoms. The first-order valence-corrected chi connectivity index (χ1v) is 20.3. The molecule has 0 amide bonds. The first kappa shape index (κ1) is 34.0. The molecule has 0 aliphatic heterocycles. The molecule has 0 unspecified atom stereocenters. The molecule has 12 rings (SSSR count). The van der Waals surface area contributed by atoms with Crippen molar-refractivity contribution in [3.05, 3.63) is 218 Å². The van der Waals surface area contributed by atoms with Gasteiger partial charge in [0.1, 0.15) is 22.3 Å². The van der Waals surface area contributed by atoms with Crippen LogP contribution in [0.1, 0.15) is 0 Å². The maximum Gasteiger partial charge on any atom is 0.136 e. The molecule has 0 radical (unpaired) electrons. The average molecular weight is 769 g/mol. The Hall–Kier alpha value is -8.08. The molecule has 2 aromatic heterocycles. The third-order valence-corrected chi connectivity index (χ3v) is 11.8. The Morgan fingerprint density at radius 1 is 0.233 bits per heavy atom. The van der Waals surface area contributed by atoms with E-state index in [-0.39, 0.29) is 0 Å². The second-order valence-electron chi connectivity index (χ2n) is 15.4. The third-order valence-electron chi connectivity index (χ3n) is 11.8. The number of anilines is 6. The zero-order chi connectivity index (χ0) is 39.6. The normalized spacial score (nSPS) is 11.7. The summed E-state index contributed by atoms with van der Waals surface area (Å²) < 4.78 is 12.6. The van der Waals surface area contributed by atoms with E-state index in [0.717, 1.165) is 89.0 Å². The van der Waals surface area contributed by atoms with Crippen molar-refractivity contribution in [2.75, 3.05) is 9.80 Å². The Morgan fingerprint density at radius 2 is 0.700 bits per heavy atom. The van der Waals surface area contributed by atoms with E-state index in [9.17, 15) is 0 Å². The highest BCUT2D eigenvalue weighted by Gasteiger charge is 2.20. The molecule has 0 bridgehead atoms. The number of benzene rings is 10. The molecule has 4 nitrogen and oxygen atoms in total. The van der Waals surface area contributed by atoms with Crippen LogP contribution >= 0.6 is 0 Å². The maximum atomic E-state index is 6.32. The fourth-order valence-electron chi connectivity index (χ4n) is 8.95. The summed E-state index contributed by atoms with van der Waals surface area (Å²) in [6.07, 6.45) is 0. The highest BCUT2D eigenvalue weighted by atomic mass is 16.3. The van der Waals surface area contributed by atoms with Gasteiger partial charge in [0.2, 0.25) is 0 Å². The van der Waals surface area contributed by atoms with Gasteiger partial charge >= 0.3 is 0 Å². The van der Waals surface area contributed by atoms with Crippen molar-refractivity contribution in [2.45, 2.75) is 0 Å². The van der Waals surface area contributed by atoms with Gasteiger partial charge in [0.05, 0.1) is 0 Å². The molecule has 2 heterocycles. The summed E-state index contributed by atoms with van der Waals surface area (Å²) in [5.41, 5.74) is 12.2. The predicted molar refractivity (Wildman–Crippen MR) is 251 cm³/mol. The standard InChI is InChI=1S/C56H36N2O2/c1-3-13-37(14-4-1)39-15-11-18-42(31-39)57(41-16-5-2-6-17-41)43-19-12-20-44(33-43)58(46-29-30-55-51(35-46)47-21-7-9-23-53(47)59-55)45-28-27-38-25-26-40-32-56-52(36-50(40)49(38)34-45)48-22-8-10-24-54(48)60-56/h1-36H. The fourth-order valence-corrected chi connectivity index (χ4v) is 8.95. The van der Waals surface area contributed by atoms with Gasteiger partial charge in [-0.25, -0.2) is 0 Å². The van der Waals surface area contributed by atoms with Crippen LogP contribution in [0.4, 0.5) is 34.1 Å². The van der Waals surface area contributed by atoms with Crippen molar-refractivity contribution in [3.63, 3.8) is 0 Å². The molecule has 282 valence electrons. The molecule has 0 saturated heterocycles. The van der Waals surface area contributed by atoms with E-state index in [1.165, 1.54) is 21.7 Å². The molecule has 0 aliphatic carbocycles. The lowest BCUT2D eigenvalue weighted by Crippen LogP contribution is -2.13. The Kier molecular flexibility index (Phi) is 7.82. The van der Waals surface area contributed by atoms with E-state index in [1.54, 1.807) is 0 Å². The minimum Gasteiger partial charge on any atom is -0.456 e. The van der Waals surface area contributed by atoms with Crippen molar-refractivity contribution >= 4 is 99.5 Å². The zero-order valence-electron chi connectivity index (χ0n) is 32.5. The van der Waals surface area contributed by atoms with Crippen LogP contribution < -0.4 is 9.80 Å². The first-order chi connectivity index (χ1) is 29.7. The van der Waals surface area contributed by atoms with E-state index in [1.807, 2.05) is 24.3 Å². The van der Waals surface area contributed by atoms with Crippen LogP contribution in [0.3, 0.4) is 0 Å². The van der Waals surface area contributed by atoms with Crippen molar-refractivity contribution in [1.82, 2.24) is 0 Å². The highest BCUT2D eigenvalue weighted by Crippen LogP contribution is 2.44. The number of nitrogens with zero attached hydrogens (tertiary/aromatic N) is 2. The predicted octanol–water partition coefficient (Wildman–Crippen LogP) is 16.4. The Labute approximate surface area is 346 Å². The minimum absolute atomic E-state index is 0.864. The van der Waals surface area contributed by atoms with Crippen molar-refractivity contribution < 1.29 is 8.83 Å². The monoisotopic (exact) mass is 768 g/mol. The summed E-state index contributed by atoms with van der Waals surface area (Å²) in [5, 5.41) is 9.10. The molecule has 0 saturated carbocycles. The largest absolute Gasteiger partial charge is 0.456 e. The minimum atomic E-state index is 0.864. The first-order valence-electron chi connectivity index (χ1n) is 20.3. The van der Waals surface area contributed by atoms with E-state index in [4.69, 9.17) is 8.83 Å². The van der Waals surface area contributed by atoms with Gasteiger partial charge in [-0.2, -0.15) is 0 Å². The Morgan fingerprint density at radius 3 is 1.45 bits per heavy atom. The van der Waals surface area contributed by atoms with Crippen LogP contribution in [0, 0.1) is 0 Å². The van der Waals surface area contributed by atoms with Crippen LogP contribution in [-0.4, -0.2) is 0 Å². The van der Waals surface area contributed by atoms with Gasteiger partial charge < -0.3 is 18.6 Å². The molecule has 0 atom stereocenters. The van der Waals surface area contributed by atoms with Crippen LogP contribution in [0.5, 0.6) is 0 Å². The maximum absolute atomic E-state index is 6.32. The Balaban J connectivity index is 1.07. The number of para-hydroxylation sites is 3. The number of hydrogen-bond acceptors (Lipinski definition) is 4. The molecule has 4 heteroatoms. The Bertz CT molecular complexity index is 3570. The van der Waals surface area contributed by atoms with Gasteiger partial charge in [0.15, 0.2) is 0 Å². The fraction of sp³-hybridized carbons (Fsp3) is 0. The number of hydrogen-bond donors (Lipinski definition) is 0. The van der Waals surface area contributed by atoms with Gasteiger partial charge in [-0.3, -0.25) is 0 Å². The molecule has 12 aromatic rings. The van der Waals surface area contributed by atoms with Gasteiger partial charge in [-0.1, -0.05) is 121 Å². The molecule has 10 aromatic carbocycles. The summed E-state index contributed by atoms with van der Waals surface area (Å²) in [6.45, 7) is 0. The van der Waals surface area contributed by atoms with E-state index >= 15 is 0 Å². The van der Waals surface area contributed by atoms with Crippen LogP contribution in [0.25, 0.3) is 76.5 Å². The van der Waals surface area contributed by atoms with Crippen LogP contribution in [0.15, 0.2) is 227 Å². The van der Waals surface area contributed by atoms with E-state index < -0.39 is 0 Å². The van der Waals surface area contributed by atoms with Crippen LogP contribution in [0.2, 0.25) is 0 Å². The summed E-state index contributed by atoms with van der Waals surface area (Å²) in [7, 11) is 0. The second kappa shape index (κ2) is 13.8. The van der Waals surface area contributed by atoms with Gasteiger partial charge in [0.25, 0.3) is 0 Å². The van der Waals surface area contributed by atoms with Crippen molar-refractivity contribution in [2.24, 2.45) is 0 Å². The molecule has 0 aliphatic rings. The van der Waals surface area contributed by atoms with Crippen molar-refractivity contribution in [1.29, 1.82) is 0 Å². The quantitative estimate of drug-likeness (QED) is 0.151. The second-order valence-corrected chi connectivity index (χ2v) is 15.4. The van der Waals surface area contributed by atoms with Crippen LogP contribution in [-0.2, 0) is 0 Å². The number of fused-ring (bicyclic) bond motifs is 9. The molecular formula is C56H36N2O2.